The maximum atomic E-state index is 12.4. The molecule has 0 aliphatic carbocycles. The molecule has 0 radical (unpaired) electrons. The van der Waals surface area contributed by atoms with Crippen molar-refractivity contribution in [3.63, 3.8) is 0 Å². The molecule has 5 heteroatoms. The molecule has 1 aliphatic rings. The van der Waals surface area contributed by atoms with Crippen molar-refractivity contribution in [2.24, 2.45) is 0 Å². The van der Waals surface area contributed by atoms with Crippen LogP contribution in [0.15, 0.2) is 48.5 Å². The number of ether oxygens (including phenoxy) is 2. The van der Waals surface area contributed by atoms with E-state index in [1.165, 1.54) is 0 Å². The van der Waals surface area contributed by atoms with E-state index in [-0.39, 0.29) is 5.91 Å². The van der Waals surface area contributed by atoms with Gasteiger partial charge in [-0.15, -0.1) is 0 Å². The van der Waals surface area contributed by atoms with Gasteiger partial charge in [-0.1, -0.05) is 30.3 Å². The van der Waals surface area contributed by atoms with E-state index >= 15 is 0 Å². The molecular formula is C18H17NO4. The van der Waals surface area contributed by atoms with Crippen LogP contribution in [0.3, 0.4) is 0 Å². The highest BCUT2D eigenvalue weighted by atomic mass is 16.5. The summed E-state index contributed by atoms with van der Waals surface area (Å²) < 4.78 is 10.7. The number of esters is 1. The standard InChI is InChI=1S/C18H17NO4/c1-2-22-15-10-6-5-9-14(15)19-17(20)16-11-12-7-3-4-8-13(12)18(21)23-16/h3-10,16H,2,11H2,1H3,(H,19,20)/t16-/m1/s1. The Labute approximate surface area is 134 Å². The van der Waals surface area contributed by atoms with E-state index in [1.807, 2.05) is 25.1 Å². The Hall–Kier alpha value is -2.82. The normalized spacial score (nSPS) is 16.2. The highest BCUT2D eigenvalue weighted by Gasteiger charge is 2.31. The minimum Gasteiger partial charge on any atom is -0.492 e. The first kappa shape index (κ1) is 15.1. The van der Waals surface area contributed by atoms with Crippen molar-refractivity contribution in [1.29, 1.82) is 0 Å². The van der Waals surface area contributed by atoms with Crippen molar-refractivity contribution in [3.05, 3.63) is 59.7 Å². The molecule has 0 aromatic heterocycles. The molecule has 1 N–H and O–H groups in total. The maximum Gasteiger partial charge on any atom is 0.339 e. The molecule has 1 heterocycles. The smallest absolute Gasteiger partial charge is 0.339 e. The minimum atomic E-state index is -0.841. The van der Waals surface area contributed by atoms with Crippen molar-refractivity contribution < 1.29 is 19.1 Å². The molecule has 0 saturated heterocycles. The molecule has 5 nitrogen and oxygen atoms in total. The van der Waals surface area contributed by atoms with Crippen LogP contribution in [0.5, 0.6) is 5.75 Å². The van der Waals surface area contributed by atoms with Gasteiger partial charge in [0.05, 0.1) is 17.9 Å². The summed E-state index contributed by atoms with van der Waals surface area (Å²) in [5, 5.41) is 2.78. The second kappa shape index (κ2) is 6.52. The summed E-state index contributed by atoms with van der Waals surface area (Å²) in [4.78, 5) is 24.4. The predicted molar refractivity (Wildman–Crippen MR) is 85.6 cm³/mol. The third kappa shape index (κ3) is 3.18. The number of rotatable bonds is 4. The lowest BCUT2D eigenvalue weighted by Crippen LogP contribution is -2.38. The topological polar surface area (TPSA) is 64.6 Å². The van der Waals surface area contributed by atoms with Crippen LogP contribution < -0.4 is 10.1 Å². The van der Waals surface area contributed by atoms with E-state index in [1.54, 1.807) is 30.3 Å². The lowest BCUT2D eigenvalue weighted by molar-refractivity contribution is -0.125. The van der Waals surface area contributed by atoms with Gasteiger partial charge in [-0.25, -0.2) is 4.79 Å². The number of benzene rings is 2. The molecule has 0 saturated carbocycles. The predicted octanol–water partition coefficient (Wildman–Crippen LogP) is 2.81. The Morgan fingerprint density at radius 2 is 1.96 bits per heavy atom. The van der Waals surface area contributed by atoms with Gasteiger partial charge in [-0.2, -0.15) is 0 Å². The first-order chi connectivity index (χ1) is 11.2. The average molecular weight is 311 g/mol. The summed E-state index contributed by atoms with van der Waals surface area (Å²) in [5.74, 6) is -0.240. The first-order valence-corrected chi connectivity index (χ1v) is 7.50. The van der Waals surface area contributed by atoms with E-state index < -0.39 is 12.1 Å². The lowest BCUT2D eigenvalue weighted by atomic mass is 9.98. The average Bonchev–Trinajstić information content (AvgIpc) is 2.57. The van der Waals surface area contributed by atoms with Crippen LogP contribution >= 0.6 is 0 Å². The van der Waals surface area contributed by atoms with Crippen molar-refractivity contribution in [2.75, 3.05) is 11.9 Å². The zero-order valence-electron chi connectivity index (χ0n) is 12.7. The van der Waals surface area contributed by atoms with Crippen LogP contribution in [0.4, 0.5) is 5.69 Å². The molecule has 0 bridgehead atoms. The van der Waals surface area contributed by atoms with Crippen molar-refractivity contribution in [2.45, 2.75) is 19.4 Å². The molecule has 1 aliphatic heterocycles. The van der Waals surface area contributed by atoms with Gasteiger partial charge < -0.3 is 14.8 Å². The molecule has 0 fully saturated rings. The lowest BCUT2D eigenvalue weighted by Gasteiger charge is -2.24. The summed E-state index contributed by atoms with van der Waals surface area (Å²) in [7, 11) is 0. The summed E-state index contributed by atoms with van der Waals surface area (Å²) in [6.07, 6.45) is -0.475. The highest BCUT2D eigenvalue weighted by Crippen LogP contribution is 2.26. The number of hydrogen-bond acceptors (Lipinski definition) is 4. The van der Waals surface area contributed by atoms with Gasteiger partial charge in [0.2, 0.25) is 0 Å². The van der Waals surface area contributed by atoms with Gasteiger partial charge in [-0.3, -0.25) is 4.79 Å². The van der Waals surface area contributed by atoms with E-state index in [0.29, 0.717) is 30.0 Å². The maximum absolute atomic E-state index is 12.4. The molecule has 0 spiro atoms. The van der Waals surface area contributed by atoms with Crippen molar-refractivity contribution in [3.8, 4) is 5.75 Å². The third-order valence-electron chi connectivity index (χ3n) is 3.63. The van der Waals surface area contributed by atoms with Crippen molar-refractivity contribution in [1.82, 2.24) is 0 Å². The largest absolute Gasteiger partial charge is 0.492 e. The molecule has 1 atom stereocenters. The molecule has 118 valence electrons. The Kier molecular flexibility index (Phi) is 4.28. The molecule has 1 amide bonds. The van der Waals surface area contributed by atoms with Gasteiger partial charge in [0.25, 0.3) is 5.91 Å². The van der Waals surface area contributed by atoms with Crippen molar-refractivity contribution >= 4 is 17.6 Å². The fourth-order valence-electron chi connectivity index (χ4n) is 2.54. The van der Waals surface area contributed by atoms with Gasteiger partial charge in [0.1, 0.15) is 5.75 Å². The molecule has 3 rings (SSSR count). The fraction of sp³-hybridized carbons (Fsp3) is 0.222. The van der Waals surface area contributed by atoms with E-state index in [4.69, 9.17) is 9.47 Å². The Balaban J connectivity index is 1.76. The quantitative estimate of drug-likeness (QED) is 0.882. The monoisotopic (exact) mass is 311 g/mol. The second-order valence-corrected chi connectivity index (χ2v) is 5.17. The Morgan fingerprint density at radius 1 is 1.22 bits per heavy atom. The van der Waals surface area contributed by atoms with Gasteiger partial charge >= 0.3 is 5.97 Å². The van der Waals surface area contributed by atoms with E-state index in [0.717, 1.165) is 5.56 Å². The van der Waals surface area contributed by atoms with Crippen LogP contribution in [0.2, 0.25) is 0 Å². The van der Waals surface area contributed by atoms with Crippen LogP contribution in [0.25, 0.3) is 0 Å². The number of carbonyl (C=O) groups is 2. The fourth-order valence-corrected chi connectivity index (χ4v) is 2.54. The number of cyclic esters (lactones) is 1. The minimum absolute atomic E-state index is 0.361. The summed E-state index contributed by atoms with van der Waals surface area (Å²) in [5.41, 5.74) is 1.91. The van der Waals surface area contributed by atoms with Crippen LogP contribution in [-0.2, 0) is 16.0 Å². The van der Waals surface area contributed by atoms with Crippen LogP contribution in [0.1, 0.15) is 22.8 Å². The SMILES string of the molecule is CCOc1ccccc1NC(=O)[C@H]1Cc2ccccc2C(=O)O1. The third-order valence-corrected chi connectivity index (χ3v) is 3.63. The zero-order chi connectivity index (χ0) is 16.2. The second-order valence-electron chi connectivity index (χ2n) is 5.17. The van der Waals surface area contributed by atoms with Crippen LogP contribution in [0, 0.1) is 0 Å². The first-order valence-electron chi connectivity index (χ1n) is 7.50. The Morgan fingerprint density at radius 3 is 2.78 bits per heavy atom. The molecular weight excluding hydrogens is 294 g/mol. The van der Waals surface area contributed by atoms with Gasteiger partial charge in [-0.05, 0) is 30.7 Å². The van der Waals surface area contributed by atoms with Gasteiger partial charge in [0.15, 0.2) is 6.10 Å². The number of anilines is 1. The zero-order valence-corrected chi connectivity index (χ0v) is 12.7. The number of para-hydroxylation sites is 2. The number of fused-ring (bicyclic) bond motifs is 1. The summed E-state index contributed by atoms with van der Waals surface area (Å²) in [6.45, 7) is 2.37. The molecule has 0 unspecified atom stereocenters. The van der Waals surface area contributed by atoms with Crippen LogP contribution in [-0.4, -0.2) is 24.6 Å². The number of carbonyl (C=O) groups excluding carboxylic acids is 2. The molecule has 23 heavy (non-hydrogen) atoms. The molecule has 2 aromatic carbocycles. The number of hydrogen-bond donors (Lipinski definition) is 1. The summed E-state index contributed by atoms with van der Waals surface area (Å²) in [6, 6.07) is 14.3. The molecule has 2 aromatic rings. The summed E-state index contributed by atoms with van der Waals surface area (Å²) >= 11 is 0. The van der Waals surface area contributed by atoms with E-state index in [2.05, 4.69) is 5.32 Å². The highest BCUT2D eigenvalue weighted by molar-refractivity contribution is 6.00. The number of nitrogens with one attached hydrogen (secondary N) is 1. The van der Waals surface area contributed by atoms with E-state index in [9.17, 15) is 9.59 Å². The van der Waals surface area contributed by atoms with Gasteiger partial charge in [0, 0.05) is 6.42 Å². The Bertz CT molecular complexity index is 741. The number of amides is 1.